The summed E-state index contributed by atoms with van der Waals surface area (Å²) in [6, 6.07) is -0.759. The lowest BCUT2D eigenvalue weighted by Gasteiger charge is -2.35. The number of carbonyl (C=O) groups is 2. The predicted molar refractivity (Wildman–Crippen MR) is 66.8 cm³/mol. The highest BCUT2D eigenvalue weighted by Gasteiger charge is 2.36. The van der Waals surface area contributed by atoms with E-state index in [1.165, 1.54) is 4.90 Å². The number of carbonyl (C=O) groups excluding carboxylic acids is 1. The number of carboxylic acids is 1. The molecule has 1 aliphatic heterocycles. The third kappa shape index (κ3) is 2.47. The number of rotatable bonds is 2. The molecule has 1 aromatic rings. The fourth-order valence-corrected chi connectivity index (χ4v) is 2.55. The van der Waals surface area contributed by atoms with Gasteiger partial charge in [-0.2, -0.15) is 0 Å². The molecule has 1 aromatic heterocycles. The SMILES string of the molecule is Cc1noc(C)c1C(=O)N1CCC(C)CC1C(=O)O. The maximum atomic E-state index is 12.5. The summed E-state index contributed by atoms with van der Waals surface area (Å²) < 4.78 is 4.98. The lowest BCUT2D eigenvalue weighted by molar-refractivity contribution is -0.144. The van der Waals surface area contributed by atoms with Gasteiger partial charge in [-0.3, -0.25) is 4.79 Å². The second kappa shape index (κ2) is 5.03. The Morgan fingerprint density at radius 3 is 2.63 bits per heavy atom. The molecule has 1 aliphatic rings. The van der Waals surface area contributed by atoms with Crippen LogP contribution in [0.15, 0.2) is 4.52 Å². The first-order valence-electron chi connectivity index (χ1n) is 6.38. The lowest BCUT2D eigenvalue weighted by Crippen LogP contribution is -2.50. The minimum atomic E-state index is -0.952. The molecule has 19 heavy (non-hydrogen) atoms. The molecule has 1 saturated heterocycles. The molecule has 0 aliphatic carbocycles. The molecule has 1 amide bonds. The Morgan fingerprint density at radius 1 is 1.42 bits per heavy atom. The molecule has 6 heteroatoms. The molecule has 6 nitrogen and oxygen atoms in total. The molecule has 104 valence electrons. The minimum absolute atomic E-state index is 0.296. The van der Waals surface area contributed by atoms with Crippen molar-refractivity contribution in [1.29, 1.82) is 0 Å². The number of nitrogens with zero attached hydrogens (tertiary/aromatic N) is 2. The number of aliphatic carboxylic acids is 1. The standard InChI is InChI=1S/C13H18N2O4/c1-7-4-5-15(10(6-7)13(17)18)12(16)11-8(2)14-19-9(11)3/h7,10H,4-6H2,1-3H3,(H,17,18). The van der Waals surface area contributed by atoms with Crippen LogP contribution in [-0.4, -0.2) is 39.6 Å². The molecular formula is C13H18N2O4. The first kappa shape index (κ1) is 13.6. The fourth-order valence-electron chi connectivity index (χ4n) is 2.55. The van der Waals surface area contributed by atoms with E-state index in [-0.39, 0.29) is 5.91 Å². The number of amides is 1. The van der Waals surface area contributed by atoms with Crippen LogP contribution in [0.2, 0.25) is 0 Å². The molecular weight excluding hydrogens is 248 g/mol. The molecule has 1 N–H and O–H groups in total. The topological polar surface area (TPSA) is 83.6 Å². The average molecular weight is 266 g/mol. The second-order valence-corrected chi connectivity index (χ2v) is 5.18. The Labute approximate surface area is 111 Å². The van der Waals surface area contributed by atoms with Crippen molar-refractivity contribution >= 4 is 11.9 Å². The minimum Gasteiger partial charge on any atom is -0.480 e. The monoisotopic (exact) mass is 266 g/mol. The number of hydrogen-bond donors (Lipinski definition) is 1. The highest BCUT2D eigenvalue weighted by molar-refractivity contribution is 5.98. The third-order valence-corrected chi connectivity index (χ3v) is 3.66. The quantitative estimate of drug-likeness (QED) is 0.879. The number of likely N-dealkylation sites (tertiary alicyclic amines) is 1. The highest BCUT2D eigenvalue weighted by Crippen LogP contribution is 2.26. The van der Waals surface area contributed by atoms with E-state index in [0.29, 0.717) is 35.9 Å². The Hall–Kier alpha value is -1.85. The van der Waals surface area contributed by atoms with Gasteiger partial charge in [0.1, 0.15) is 17.4 Å². The molecule has 0 saturated carbocycles. The summed E-state index contributed by atoms with van der Waals surface area (Å²) in [6.07, 6.45) is 1.31. The first-order chi connectivity index (χ1) is 8.91. The smallest absolute Gasteiger partial charge is 0.326 e. The van der Waals surface area contributed by atoms with E-state index in [0.717, 1.165) is 6.42 Å². The van der Waals surface area contributed by atoms with Crippen LogP contribution in [0, 0.1) is 19.8 Å². The van der Waals surface area contributed by atoms with Crippen molar-refractivity contribution in [1.82, 2.24) is 10.1 Å². The van der Waals surface area contributed by atoms with Gasteiger partial charge < -0.3 is 14.5 Å². The summed E-state index contributed by atoms with van der Waals surface area (Å²) in [5.74, 6) is -0.498. The number of aromatic nitrogens is 1. The van der Waals surface area contributed by atoms with Gasteiger partial charge in [0, 0.05) is 6.54 Å². The number of carboxylic acid groups (broad SMARTS) is 1. The summed E-state index contributed by atoms with van der Waals surface area (Å²) in [4.78, 5) is 25.2. The lowest BCUT2D eigenvalue weighted by atomic mass is 9.91. The van der Waals surface area contributed by atoms with Crippen LogP contribution in [0.3, 0.4) is 0 Å². The van der Waals surface area contributed by atoms with Gasteiger partial charge in [0.2, 0.25) is 0 Å². The highest BCUT2D eigenvalue weighted by atomic mass is 16.5. The van der Waals surface area contributed by atoms with Gasteiger partial charge in [-0.05, 0) is 32.6 Å². The van der Waals surface area contributed by atoms with E-state index in [1.807, 2.05) is 6.92 Å². The maximum Gasteiger partial charge on any atom is 0.326 e. The van der Waals surface area contributed by atoms with Gasteiger partial charge in [0.15, 0.2) is 0 Å². The van der Waals surface area contributed by atoms with Crippen LogP contribution in [0.4, 0.5) is 0 Å². The molecule has 0 bridgehead atoms. The van der Waals surface area contributed by atoms with Crippen LogP contribution in [-0.2, 0) is 4.79 Å². The van der Waals surface area contributed by atoms with E-state index in [4.69, 9.17) is 4.52 Å². The van der Waals surface area contributed by atoms with Crippen LogP contribution in [0.1, 0.15) is 41.6 Å². The fraction of sp³-hybridized carbons (Fsp3) is 0.615. The molecule has 2 heterocycles. The van der Waals surface area contributed by atoms with Crippen LogP contribution in [0.25, 0.3) is 0 Å². The average Bonchev–Trinajstić information content (AvgIpc) is 2.68. The molecule has 2 rings (SSSR count). The van der Waals surface area contributed by atoms with Crippen molar-refractivity contribution < 1.29 is 19.2 Å². The molecule has 0 spiro atoms. The normalized spacial score (nSPS) is 23.4. The number of piperidine rings is 1. The van der Waals surface area contributed by atoms with Crippen molar-refractivity contribution in [3.63, 3.8) is 0 Å². The molecule has 0 aromatic carbocycles. The summed E-state index contributed by atoms with van der Waals surface area (Å²) in [5, 5.41) is 13.0. The van der Waals surface area contributed by atoms with Gasteiger partial charge in [-0.15, -0.1) is 0 Å². The van der Waals surface area contributed by atoms with Gasteiger partial charge in [-0.1, -0.05) is 12.1 Å². The molecule has 2 unspecified atom stereocenters. The first-order valence-corrected chi connectivity index (χ1v) is 6.38. The Balaban J connectivity index is 2.29. The van der Waals surface area contributed by atoms with Gasteiger partial charge >= 0.3 is 5.97 Å². The van der Waals surface area contributed by atoms with Crippen molar-refractivity contribution in [2.24, 2.45) is 5.92 Å². The summed E-state index contributed by atoms with van der Waals surface area (Å²) in [7, 11) is 0. The molecule has 2 atom stereocenters. The van der Waals surface area contributed by atoms with Crippen molar-refractivity contribution in [2.75, 3.05) is 6.54 Å². The van der Waals surface area contributed by atoms with Gasteiger partial charge in [-0.25, -0.2) is 4.79 Å². The third-order valence-electron chi connectivity index (χ3n) is 3.66. The number of aryl methyl sites for hydroxylation is 2. The Bertz CT molecular complexity index is 489. The van der Waals surface area contributed by atoms with Crippen molar-refractivity contribution in [3.05, 3.63) is 17.0 Å². The summed E-state index contributed by atoms with van der Waals surface area (Å²) >= 11 is 0. The Kier molecular flexibility index (Phi) is 3.59. The van der Waals surface area contributed by atoms with Crippen LogP contribution < -0.4 is 0 Å². The van der Waals surface area contributed by atoms with Crippen LogP contribution >= 0.6 is 0 Å². The van der Waals surface area contributed by atoms with Gasteiger partial charge in [0.05, 0.1) is 5.69 Å². The maximum absolute atomic E-state index is 12.5. The Morgan fingerprint density at radius 2 is 2.11 bits per heavy atom. The second-order valence-electron chi connectivity index (χ2n) is 5.18. The van der Waals surface area contributed by atoms with Crippen molar-refractivity contribution in [2.45, 2.75) is 39.7 Å². The van der Waals surface area contributed by atoms with E-state index >= 15 is 0 Å². The molecule has 1 fully saturated rings. The van der Waals surface area contributed by atoms with E-state index < -0.39 is 12.0 Å². The number of hydrogen-bond acceptors (Lipinski definition) is 4. The van der Waals surface area contributed by atoms with Crippen LogP contribution in [0.5, 0.6) is 0 Å². The summed E-state index contributed by atoms with van der Waals surface area (Å²) in [5.41, 5.74) is 0.895. The summed E-state index contributed by atoms with van der Waals surface area (Å²) in [6.45, 7) is 5.82. The van der Waals surface area contributed by atoms with E-state index in [1.54, 1.807) is 13.8 Å². The predicted octanol–water partition coefficient (Wildman–Crippen LogP) is 1.62. The zero-order valence-electron chi connectivity index (χ0n) is 11.3. The van der Waals surface area contributed by atoms with Crippen molar-refractivity contribution in [3.8, 4) is 0 Å². The van der Waals surface area contributed by atoms with E-state index in [9.17, 15) is 14.7 Å². The van der Waals surface area contributed by atoms with Gasteiger partial charge in [0.25, 0.3) is 5.91 Å². The zero-order chi connectivity index (χ0) is 14.2. The largest absolute Gasteiger partial charge is 0.480 e. The van der Waals surface area contributed by atoms with E-state index in [2.05, 4.69) is 5.16 Å². The zero-order valence-corrected chi connectivity index (χ0v) is 11.3. The molecule has 0 radical (unpaired) electrons.